The molecule has 1 saturated heterocycles. The zero-order valence-corrected chi connectivity index (χ0v) is 13.2. The van der Waals surface area contributed by atoms with E-state index in [-0.39, 0.29) is 0 Å². The number of piperidine rings is 1. The van der Waals surface area contributed by atoms with Gasteiger partial charge in [-0.3, -0.25) is 4.79 Å². The SMILES string of the molecule is C=C(C1CCN(C=O)CC1)n1ccc(/C=C/c2cccs2)n1. The maximum atomic E-state index is 10.8. The molecule has 3 heterocycles. The maximum Gasteiger partial charge on any atom is 0.209 e. The van der Waals surface area contributed by atoms with Gasteiger partial charge in [0.2, 0.25) is 6.41 Å². The summed E-state index contributed by atoms with van der Waals surface area (Å²) in [6, 6.07) is 6.12. The van der Waals surface area contributed by atoms with Crippen LogP contribution in [0.5, 0.6) is 0 Å². The van der Waals surface area contributed by atoms with Crippen molar-refractivity contribution in [3.8, 4) is 0 Å². The van der Waals surface area contributed by atoms with Crippen LogP contribution < -0.4 is 0 Å². The Morgan fingerprint density at radius 3 is 2.82 bits per heavy atom. The number of amides is 1. The minimum Gasteiger partial charge on any atom is -0.345 e. The Balaban J connectivity index is 1.63. The largest absolute Gasteiger partial charge is 0.345 e. The Morgan fingerprint density at radius 2 is 2.14 bits per heavy atom. The lowest BCUT2D eigenvalue weighted by atomic mass is 9.94. The number of carbonyl (C=O) groups is 1. The highest BCUT2D eigenvalue weighted by molar-refractivity contribution is 7.10. The van der Waals surface area contributed by atoms with Gasteiger partial charge in [-0.25, -0.2) is 4.68 Å². The highest BCUT2D eigenvalue weighted by Crippen LogP contribution is 2.26. The number of likely N-dealkylation sites (tertiary alicyclic amines) is 1. The molecule has 5 heteroatoms. The molecule has 1 aliphatic heterocycles. The summed E-state index contributed by atoms with van der Waals surface area (Å²) in [5.41, 5.74) is 1.95. The molecule has 114 valence electrons. The van der Waals surface area contributed by atoms with Crippen molar-refractivity contribution in [3.63, 3.8) is 0 Å². The van der Waals surface area contributed by atoms with Gasteiger partial charge in [0, 0.05) is 35.8 Å². The summed E-state index contributed by atoms with van der Waals surface area (Å²) >= 11 is 1.71. The van der Waals surface area contributed by atoms with Gasteiger partial charge in [-0.05, 0) is 42.5 Å². The monoisotopic (exact) mass is 313 g/mol. The fourth-order valence-electron chi connectivity index (χ4n) is 2.67. The van der Waals surface area contributed by atoms with Crippen LogP contribution >= 0.6 is 11.3 Å². The summed E-state index contributed by atoms with van der Waals surface area (Å²) in [5, 5.41) is 6.64. The molecular formula is C17H19N3OS. The van der Waals surface area contributed by atoms with E-state index >= 15 is 0 Å². The van der Waals surface area contributed by atoms with Crippen LogP contribution in [-0.2, 0) is 4.79 Å². The van der Waals surface area contributed by atoms with Crippen molar-refractivity contribution >= 4 is 35.6 Å². The van der Waals surface area contributed by atoms with Gasteiger partial charge in [0.25, 0.3) is 0 Å². The number of nitrogens with zero attached hydrogens (tertiary/aromatic N) is 3. The molecule has 0 N–H and O–H groups in total. The molecular weight excluding hydrogens is 294 g/mol. The van der Waals surface area contributed by atoms with Crippen molar-refractivity contribution in [1.82, 2.24) is 14.7 Å². The fraction of sp³-hybridized carbons (Fsp3) is 0.294. The van der Waals surface area contributed by atoms with Crippen molar-refractivity contribution in [2.24, 2.45) is 5.92 Å². The summed E-state index contributed by atoms with van der Waals surface area (Å²) < 4.78 is 1.87. The van der Waals surface area contributed by atoms with Crippen LogP contribution in [0.2, 0.25) is 0 Å². The second-order valence-corrected chi connectivity index (χ2v) is 6.42. The summed E-state index contributed by atoms with van der Waals surface area (Å²) in [6.07, 6.45) is 8.89. The predicted octanol–water partition coefficient (Wildman–Crippen LogP) is 3.45. The third-order valence-electron chi connectivity index (χ3n) is 4.02. The molecule has 2 aromatic heterocycles. The zero-order chi connectivity index (χ0) is 15.4. The van der Waals surface area contributed by atoms with Gasteiger partial charge in [0.05, 0.1) is 5.69 Å². The van der Waals surface area contributed by atoms with E-state index in [0.717, 1.165) is 43.7 Å². The second-order valence-electron chi connectivity index (χ2n) is 5.44. The van der Waals surface area contributed by atoms with Gasteiger partial charge >= 0.3 is 0 Å². The van der Waals surface area contributed by atoms with E-state index in [1.165, 1.54) is 4.88 Å². The minimum absolute atomic E-state index is 0.394. The van der Waals surface area contributed by atoms with Crippen LogP contribution in [0.3, 0.4) is 0 Å². The smallest absolute Gasteiger partial charge is 0.209 e. The molecule has 2 aromatic rings. The zero-order valence-electron chi connectivity index (χ0n) is 12.4. The van der Waals surface area contributed by atoms with Gasteiger partial charge in [-0.1, -0.05) is 12.6 Å². The van der Waals surface area contributed by atoms with Crippen LogP contribution in [0.15, 0.2) is 36.4 Å². The lowest BCUT2D eigenvalue weighted by molar-refractivity contribution is -0.119. The van der Waals surface area contributed by atoms with E-state index in [1.54, 1.807) is 11.3 Å². The summed E-state index contributed by atoms with van der Waals surface area (Å²) in [5.74, 6) is 0.394. The quantitative estimate of drug-likeness (QED) is 0.793. The molecule has 1 aliphatic rings. The molecule has 3 rings (SSSR count). The topological polar surface area (TPSA) is 38.1 Å². The number of hydrogen-bond donors (Lipinski definition) is 0. The first-order valence-corrected chi connectivity index (χ1v) is 8.30. The van der Waals surface area contributed by atoms with Crippen molar-refractivity contribution in [2.75, 3.05) is 13.1 Å². The highest BCUT2D eigenvalue weighted by atomic mass is 32.1. The third-order valence-corrected chi connectivity index (χ3v) is 4.85. The second kappa shape index (κ2) is 6.75. The van der Waals surface area contributed by atoms with Crippen LogP contribution in [0.25, 0.3) is 17.8 Å². The first-order valence-electron chi connectivity index (χ1n) is 7.42. The van der Waals surface area contributed by atoms with Gasteiger partial charge in [-0.2, -0.15) is 5.10 Å². The fourth-order valence-corrected chi connectivity index (χ4v) is 3.28. The summed E-state index contributed by atoms with van der Waals surface area (Å²) in [6.45, 7) is 5.80. The van der Waals surface area contributed by atoms with Gasteiger partial charge in [0.1, 0.15) is 0 Å². The standard InChI is InChI=1S/C17H19N3OS/c1-14(15-6-9-19(13-21)10-7-15)20-11-8-16(18-20)4-5-17-3-2-12-22-17/h2-5,8,11-13,15H,1,6-7,9-10H2/b5-4+. The number of allylic oxidation sites excluding steroid dienone is 1. The Labute approximate surface area is 134 Å². The van der Waals surface area contributed by atoms with Crippen molar-refractivity contribution < 1.29 is 4.79 Å². The molecule has 0 spiro atoms. The molecule has 22 heavy (non-hydrogen) atoms. The van der Waals surface area contributed by atoms with E-state index < -0.39 is 0 Å². The van der Waals surface area contributed by atoms with E-state index in [4.69, 9.17) is 0 Å². The number of aromatic nitrogens is 2. The molecule has 0 radical (unpaired) electrons. The van der Waals surface area contributed by atoms with Crippen molar-refractivity contribution in [1.29, 1.82) is 0 Å². The van der Waals surface area contributed by atoms with E-state index in [2.05, 4.69) is 29.2 Å². The van der Waals surface area contributed by atoms with E-state index in [0.29, 0.717) is 5.92 Å². The molecule has 1 fully saturated rings. The first kappa shape index (κ1) is 14.8. The summed E-state index contributed by atoms with van der Waals surface area (Å²) in [7, 11) is 0. The number of rotatable bonds is 5. The Bertz CT molecular complexity index is 664. The normalized spacial score (nSPS) is 16.3. The minimum atomic E-state index is 0.394. The summed E-state index contributed by atoms with van der Waals surface area (Å²) in [4.78, 5) is 13.8. The molecule has 0 unspecified atom stereocenters. The molecule has 4 nitrogen and oxygen atoms in total. The Morgan fingerprint density at radius 1 is 1.32 bits per heavy atom. The number of hydrogen-bond acceptors (Lipinski definition) is 3. The highest BCUT2D eigenvalue weighted by Gasteiger charge is 2.21. The molecule has 0 aromatic carbocycles. The molecule has 0 atom stereocenters. The Hall–Kier alpha value is -2.14. The number of carbonyl (C=O) groups excluding carboxylic acids is 1. The van der Waals surface area contributed by atoms with Gasteiger partial charge < -0.3 is 4.90 Å². The lowest BCUT2D eigenvalue weighted by Crippen LogP contribution is -2.33. The molecule has 0 aliphatic carbocycles. The first-order chi connectivity index (χ1) is 10.8. The lowest BCUT2D eigenvalue weighted by Gasteiger charge is -2.30. The van der Waals surface area contributed by atoms with E-state index in [9.17, 15) is 4.79 Å². The number of thiophene rings is 1. The van der Waals surface area contributed by atoms with Gasteiger partial charge in [-0.15, -0.1) is 11.3 Å². The van der Waals surface area contributed by atoms with Crippen molar-refractivity contribution in [3.05, 3.63) is 46.9 Å². The predicted molar refractivity (Wildman–Crippen MR) is 91.2 cm³/mol. The van der Waals surface area contributed by atoms with Crippen LogP contribution in [0.4, 0.5) is 0 Å². The molecule has 1 amide bonds. The molecule has 0 bridgehead atoms. The third kappa shape index (κ3) is 3.36. The van der Waals surface area contributed by atoms with Crippen LogP contribution in [0.1, 0.15) is 23.4 Å². The molecule has 0 saturated carbocycles. The van der Waals surface area contributed by atoms with Crippen LogP contribution in [-0.4, -0.2) is 34.2 Å². The van der Waals surface area contributed by atoms with Crippen molar-refractivity contribution in [2.45, 2.75) is 12.8 Å². The maximum absolute atomic E-state index is 10.8. The Kier molecular flexibility index (Phi) is 4.53. The average molecular weight is 313 g/mol. The van der Waals surface area contributed by atoms with E-state index in [1.807, 2.05) is 34.0 Å². The van der Waals surface area contributed by atoms with Gasteiger partial charge in [0.15, 0.2) is 0 Å². The van der Waals surface area contributed by atoms with Crippen LogP contribution in [0, 0.1) is 5.92 Å². The average Bonchev–Trinajstić information content (AvgIpc) is 3.24.